The van der Waals surface area contributed by atoms with Crippen molar-refractivity contribution >= 4 is 30.0 Å². The minimum Gasteiger partial charge on any atom is -0.423 e. The molecular formula is C18H20BN5O4. The van der Waals surface area contributed by atoms with Crippen molar-refractivity contribution in [2.24, 2.45) is 11.7 Å². The number of amides is 1. The number of ether oxygens (including phenoxy) is 1. The lowest BCUT2D eigenvalue weighted by molar-refractivity contribution is 0.0342. The van der Waals surface area contributed by atoms with Gasteiger partial charge in [-0.05, 0) is 42.1 Å². The number of aromatic nitrogens is 2. The molecule has 10 heteroatoms. The Morgan fingerprint density at radius 1 is 1.54 bits per heavy atom. The van der Waals surface area contributed by atoms with Crippen molar-refractivity contribution in [3.63, 3.8) is 0 Å². The van der Waals surface area contributed by atoms with E-state index in [1.807, 2.05) is 19.1 Å². The summed E-state index contributed by atoms with van der Waals surface area (Å²) in [4.78, 5) is 11.9. The van der Waals surface area contributed by atoms with Gasteiger partial charge in [0.05, 0.1) is 31.2 Å². The lowest BCUT2D eigenvalue weighted by Gasteiger charge is -2.26. The maximum atomic E-state index is 11.9. The van der Waals surface area contributed by atoms with Crippen LogP contribution in [-0.4, -0.2) is 41.0 Å². The Kier molecular flexibility index (Phi) is 4.81. The zero-order valence-electron chi connectivity index (χ0n) is 15.4. The molecule has 1 aromatic carbocycles. The molecule has 0 unspecified atom stereocenters. The molecule has 1 saturated heterocycles. The summed E-state index contributed by atoms with van der Waals surface area (Å²) in [5.74, 6) is -0.549. The van der Waals surface area contributed by atoms with Crippen molar-refractivity contribution in [3.05, 3.63) is 35.0 Å². The summed E-state index contributed by atoms with van der Waals surface area (Å²) in [6, 6.07) is 5.71. The number of hydrogen-bond donors (Lipinski definition) is 3. The van der Waals surface area contributed by atoms with Crippen LogP contribution in [0.2, 0.25) is 0 Å². The van der Waals surface area contributed by atoms with E-state index >= 15 is 0 Å². The van der Waals surface area contributed by atoms with Crippen LogP contribution in [0.25, 0.3) is 0 Å². The van der Waals surface area contributed by atoms with E-state index < -0.39 is 13.0 Å². The average molecular weight is 381 g/mol. The number of nitrogens with zero attached hydrogens (tertiary/aromatic N) is 3. The summed E-state index contributed by atoms with van der Waals surface area (Å²) in [6.07, 6.45) is 2.17. The van der Waals surface area contributed by atoms with E-state index in [0.29, 0.717) is 37.7 Å². The quantitative estimate of drug-likeness (QED) is 0.651. The molecule has 4 rings (SSSR count). The Balaban J connectivity index is 1.67. The first-order valence-electron chi connectivity index (χ1n) is 9.04. The van der Waals surface area contributed by atoms with Crippen LogP contribution in [0.1, 0.15) is 33.9 Å². The molecule has 0 saturated carbocycles. The van der Waals surface area contributed by atoms with Crippen LogP contribution in [0.5, 0.6) is 0 Å². The zero-order valence-corrected chi connectivity index (χ0v) is 15.4. The van der Waals surface area contributed by atoms with E-state index in [0.717, 1.165) is 16.6 Å². The smallest absolute Gasteiger partial charge is 0.423 e. The molecule has 1 fully saturated rings. The number of fused-ring (bicyclic) bond motifs is 1. The SMILES string of the molecule is Cc1cc(Nc2nn([C@H]3COCC[C@@H]3C#N)cc2C(N)=O)cc2c1B(O)OC2. The van der Waals surface area contributed by atoms with Crippen LogP contribution in [0.3, 0.4) is 0 Å². The molecular weight excluding hydrogens is 361 g/mol. The van der Waals surface area contributed by atoms with E-state index in [1.165, 1.54) is 0 Å². The lowest BCUT2D eigenvalue weighted by Crippen LogP contribution is -2.30. The number of aryl methyl sites for hydroxylation is 1. The molecule has 0 radical (unpaired) electrons. The molecule has 9 nitrogen and oxygen atoms in total. The number of nitrogens with one attached hydrogen (secondary N) is 1. The van der Waals surface area contributed by atoms with Crippen molar-refractivity contribution < 1.29 is 19.2 Å². The van der Waals surface area contributed by atoms with Crippen LogP contribution in [0.4, 0.5) is 11.5 Å². The van der Waals surface area contributed by atoms with Gasteiger partial charge in [0, 0.05) is 18.5 Å². The van der Waals surface area contributed by atoms with Gasteiger partial charge in [0.1, 0.15) is 5.56 Å². The molecule has 4 N–H and O–H groups in total. The fraction of sp³-hybridized carbons (Fsp3) is 0.389. The number of benzene rings is 1. The van der Waals surface area contributed by atoms with E-state index in [4.69, 9.17) is 15.1 Å². The van der Waals surface area contributed by atoms with Crippen LogP contribution < -0.4 is 16.5 Å². The van der Waals surface area contributed by atoms with Crippen molar-refractivity contribution in [2.45, 2.75) is 26.0 Å². The minimum absolute atomic E-state index is 0.233. The Hall–Kier alpha value is -2.87. The first-order chi connectivity index (χ1) is 13.5. The Morgan fingerprint density at radius 2 is 2.36 bits per heavy atom. The monoisotopic (exact) mass is 381 g/mol. The standard InChI is InChI=1S/C18H20BN5O4/c1-10-4-13(5-12-8-28-19(26)16(10)12)22-18-14(17(21)25)7-24(23-18)15-9-27-3-2-11(15)6-20/h4-5,7,11,15,26H,2-3,8-9H2,1H3,(H2,21,25)(H,22,23)/t11-,15+/m1/s1. The van der Waals surface area contributed by atoms with Gasteiger partial charge in [-0.1, -0.05) is 0 Å². The normalized spacial score (nSPS) is 21.2. The van der Waals surface area contributed by atoms with Crippen molar-refractivity contribution in [2.75, 3.05) is 18.5 Å². The predicted octanol–water partition coefficient (Wildman–Crippen LogP) is 0.353. The number of anilines is 2. The molecule has 0 aliphatic carbocycles. The second-order valence-corrected chi connectivity index (χ2v) is 7.06. The van der Waals surface area contributed by atoms with Gasteiger partial charge in [0.15, 0.2) is 5.82 Å². The third-order valence-corrected chi connectivity index (χ3v) is 5.21. The Bertz CT molecular complexity index is 970. The van der Waals surface area contributed by atoms with Crippen LogP contribution >= 0.6 is 0 Å². The number of rotatable bonds is 4. The predicted molar refractivity (Wildman–Crippen MR) is 101 cm³/mol. The minimum atomic E-state index is -0.918. The van der Waals surface area contributed by atoms with Gasteiger partial charge in [-0.3, -0.25) is 9.48 Å². The fourth-order valence-electron chi connectivity index (χ4n) is 3.77. The van der Waals surface area contributed by atoms with E-state index in [1.54, 1.807) is 10.9 Å². The molecule has 28 heavy (non-hydrogen) atoms. The van der Waals surface area contributed by atoms with Crippen LogP contribution in [-0.2, 0) is 16.0 Å². The summed E-state index contributed by atoms with van der Waals surface area (Å²) in [6.45, 7) is 3.08. The highest BCUT2D eigenvalue weighted by atomic mass is 16.5. The molecule has 3 heterocycles. The molecule has 144 valence electrons. The summed E-state index contributed by atoms with van der Waals surface area (Å²) in [5.41, 5.74) is 8.99. The molecule has 2 aliphatic rings. The van der Waals surface area contributed by atoms with E-state index in [2.05, 4.69) is 16.5 Å². The highest BCUT2D eigenvalue weighted by molar-refractivity contribution is 6.62. The largest absolute Gasteiger partial charge is 0.492 e. The topological polar surface area (TPSA) is 135 Å². The number of carbonyl (C=O) groups is 1. The molecule has 0 bridgehead atoms. The molecule has 2 atom stereocenters. The lowest BCUT2D eigenvalue weighted by atomic mass is 9.76. The fourth-order valence-corrected chi connectivity index (χ4v) is 3.77. The van der Waals surface area contributed by atoms with E-state index in [-0.39, 0.29) is 17.5 Å². The van der Waals surface area contributed by atoms with Crippen LogP contribution in [0, 0.1) is 24.2 Å². The third kappa shape index (κ3) is 3.24. The van der Waals surface area contributed by atoms with Crippen molar-refractivity contribution in [1.82, 2.24) is 9.78 Å². The van der Waals surface area contributed by atoms with Gasteiger partial charge < -0.3 is 25.5 Å². The first kappa shape index (κ1) is 18.5. The van der Waals surface area contributed by atoms with Gasteiger partial charge in [-0.2, -0.15) is 10.4 Å². The number of hydrogen-bond acceptors (Lipinski definition) is 7. The zero-order chi connectivity index (χ0) is 19.8. The van der Waals surface area contributed by atoms with Gasteiger partial charge in [-0.15, -0.1) is 0 Å². The summed E-state index contributed by atoms with van der Waals surface area (Å²) in [7, 11) is -0.918. The molecule has 2 aromatic rings. The second-order valence-electron chi connectivity index (χ2n) is 7.06. The van der Waals surface area contributed by atoms with Crippen molar-refractivity contribution in [1.29, 1.82) is 5.26 Å². The van der Waals surface area contributed by atoms with Gasteiger partial charge >= 0.3 is 7.12 Å². The number of nitrogens with two attached hydrogens (primary N) is 1. The maximum absolute atomic E-state index is 11.9. The van der Waals surface area contributed by atoms with Gasteiger partial charge in [0.25, 0.3) is 5.91 Å². The average Bonchev–Trinajstić information content (AvgIpc) is 3.26. The Labute approximate surface area is 162 Å². The molecule has 1 aromatic heterocycles. The number of primary amides is 1. The van der Waals surface area contributed by atoms with Gasteiger partial charge in [0.2, 0.25) is 0 Å². The highest BCUT2D eigenvalue weighted by Gasteiger charge is 2.31. The summed E-state index contributed by atoms with van der Waals surface area (Å²) in [5, 5.41) is 26.9. The number of carbonyl (C=O) groups excluding carboxylic acids is 1. The maximum Gasteiger partial charge on any atom is 0.492 e. The van der Waals surface area contributed by atoms with Crippen LogP contribution in [0.15, 0.2) is 18.3 Å². The highest BCUT2D eigenvalue weighted by Crippen LogP contribution is 2.29. The summed E-state index contributed by atoms with van der Waals surface area (Å²) >= 11 is 0. The van der Waals surface area contributed by atoms with Crippen molar-refractivity contribution in [3.8, 4) is 6.07 Å². The summed E-state index contributed by atoms with van der Waals surface area (Å²) < 4.78 is 12.3. The van der Waals surface area contributed by atoms with E-state index in [9.17, 15) is 15.1 Å². The van der Waals surface area contributed by atoms with Gasteiger partial charge in [-0.25, -0.2) is 0 Å². The second kappa shape index (κ2) is 7.28. The third-order valence-electron chi connectivity index (χ3n) is 5.21. The molecule has 0 spiro atoms. The number of nitriles is 1. The Morgan fingerprint density at radius 3 is 3.11 bits per heavy atom. The molecule has 1 amide bonds. The first-order valence-corrected chi connectivity index (χ1v) is 9.04. The molecule has 2 aliphatic heterocycles.